The largest absolute Gasteiger partial charge is 0.378 e. The molecule has 1 fully saturated rings. The molecule has 2 rings (SSSR count). The summed E-state index contributed by atoms with van der Waals surface area (Å²) in [5.41, 5.74) is 1.20. The molecule has 0 saturated carbocycles. The van der Waals surface area contributed by atoms with Gasteiger partial charge in [0.1, 0.15) is 0 Å². The Morgan fingerprint density at radius 3 is 2.71 bits per heavy atom. The second-order valence-electron chi connectivity index (χ2n) is 4.38. The van der Waals surface area contributed by atoms with Crippen molar-refractivity contribution < 1.29 is 9.13 Å². The highest BCUT2D eigenvalue weighted by Gasteiger charge is 2.25. The van der Waals surface area contributed by atoms with Gasteiger partial charge in [-0.15, -0.1) is 0 Å². The molecule has 4 nitrogen and oxygen atoms in total. The Bertz CT molecular complexity index is 402. The van der Waals surface area contributed by atoms with Crippen molar-refractivity contribution >= 4 is 15.2 Å². The van der Waals surface area contributed by atoms with Crippen LogP contribution >= 0.6 is 9.24 Å². The molecule has 1 aromatic heterocycles. The summed E-state index contributed by atoms with van der Waals surface area (Å²) >= 11 is 0. The van der Waals surface area contributed by atoms with Gasteiger partial charge >= 0.3 is 0 Å². The third-order valence-electron chi connectivity index (χ3n) is 2.72. The lowest BCUT2D eigenvalue weighted by molar-refractivity contribution is 0.122. The molecule has 2 atom stereocenters. The van der Waals surface area contributed by atoms with Crippen molar-refractivity contribution in [1.82, 2.24) is 9.97 Å². The molecule has 1 aromatic rings. The molecule has 0 radical (unpaired) electrons. The van der Waals surface area contributed by atoms with Crippen LogP contribution < -0.4 is 4.90 Å². The van der Waals surface area contributed by atoms with Gasteiger partial charge in [-0.25, -0.2) is 14.4 Å². The first-order chi connectivity index (χ1) is 7.98. The van der Waals surface area contributed by atoms with Gasteiger partial charge in [0.25, 0.3) is 0 Å². The van der Waals surface area contributed by atoms with Gasteiger partial charge in [-0.05, 0) is 19.4 Å². The highest BCUT2D eigenvalue weighted by atomic mass is 31.0. The molecule has 1 saturated heterocycles. The lowest BCUT2D eigenvalue weighted by Crippen LogP contribution is -2.37. The number of aryl methyl sites for hydroxylation is 1. The number of hydrogen-bond donors (Lipinski definition) is 0. The number of halogens is 1. The third kappa shape index (κ3) is 2.90. The minimum absolute atomic E-state index is 0.430. The van der Waals surface area contributed by atoms with Crippen molar-refractivity contribution in [2.24, 2.45) is 0 Å². The number of morpholine rings is 1. The molecular formula is C11H17FN3OP. The topological polar surface area (TPSA) is 38.2 Å². The summed E-state index contributed by atoms with van der Waals surface area (Å²) in [5.74, 6) is 0.584. The standard InChI is InChI=1S/C11H17FN3OP/c1-8-7-13-10(14-9(8)11(2,12)17)15-3-5-16-6-4-15/h7H,3-6,17H2,1-2H3. The summed E-state index contributed by atoms with van der Waals surface area (Å²) in [6.45, 7) is 6.14. The van der Waals surface area contributed by atoms with Crippen LogP contribution in [0.2, 0.25) is 0 Å². The van der Waals surface area contributed by atoms with Crippen molar-refractivity contribution in [1.29, 1.82) is 0 Å². The molecule has 0 aromatic carbocycles. The van der Waals surface area contributed by atoms with Gasteiger partial charge in [-0.3, -0.25) is 0 Å². The summed E-state index contributed by atoms with van der Waals surface area (Å²) in [7, 11) is 2.18. The number of rotatable bonds is 2. The Morgan fingerprint density at radius 1 is 1.47 bits per heavy atom. The normalized spacial score (nSPS) is 20.1. The molecule has 0 amide bonds. The van der Waals surface area contributed by atoms with Gasteiger partial charge in [0.2, 0.25) is 5.95 Å². The Labute approximate surface area is 103 Å². The van der Waals surface area contributed by atoms with Crippen LogP contribution in [0.1, 0.15) is 18.2 Å². The van der Waals surface area contributed by atoms with Crippen molar-refractivity contribution in [3.63, 3.8) is 0 Å². The fourth-order valence-electron chi connectivity index (χ4n) is 1.84. The predicted molar refractivity (Wildman–Crippen MR) is 68.0 cm³/mol. The molecule has 6 heteroatoms. The van der Waals surface area contributed by atoms with E-state index in [0.717, 1.165) is 18.7 Å². The van der Waals surface area contributed by atoms with E-state index in [0.29, 0.717) is 24.9 Å². The first kappa shape index (κ1) is 12.7. The maximum atomic E-state index is 14.0. The maximum Gasteiger partial charge on any atom is 0.225 e. The monoisotopic (exact) mass is 257 g/mol. The minimum Gasteiger partial charge on any atom is -0.378 e. The number of aromatic nitrogens is 2. The van der Waals surface area contributed by atoms with Crippen molar-refractivity contribution in [2.75, 3.05) is 31.2 Å². The summed E-state index contributed by atoms with van der Waals surface area (Å²) < 4.78 is 19.2. The number of alkyl halides is 1. The predicted octanol–water partition coefficient (Wildman–Crippen LogP) is 1.64. The fraction of sp³-hybridized carbons (Fsp3) is 0.636. The van der Waals surface area contributed by atoms with Crippen LogP contribution in [0.15, 0.2) is 6.20 Å². The van der Waals surface area contributed by atoms with Gasteiger partial charge < -0.3 is 9.64 Å². The van der Waals surface area contributed by atoms with E-state index in [1.165, 1.54) is 6.92 Å². The van der Waals surface area contributed by atoms with Gasteiger partial charge in [0.05, 0.1) is 18.9 Å². The fourth-order valence-corrected chi connectivity index (χ4v) is 2.14. The van der Waals surface area contributed by atoms with E-state index in [4.69, 9.17) is 4.74 Å². The molecule has 0 bridgehead atoms. The molecule has 0 aliphatic carbocycles. The summed E-state index contributed by atoms with van der Waals surface area (Å²) in [4.78, 5) is 10.6. The number of ether oxygens (including phenoxy) is 1. The first-order valence-electron chi connectivity index (χ1n) is 5.63. The Balaban J connectivity index is 2.30. The smallest absolute Gasteiger partial charge is 0.225 e. The van der Waals surface area contributed by atoms with E-state index in [9.17, 15) is 4.39 Å². The van der Waals surface area contributed by atoms with Gasteiger partial charge in [-0.2, -0.15) is 0 Å². The second-order valence-corrected chi connectivity index (χ2v) is 5.46. The SMILES string of the molecule is Cc1cnc(N2CCOCC2)nc1C(C)(F)P. The highest BCUT2D eigenvalue weighted by Crippen LogP contribution is 2.33. The lowest BCUT2D eigenvalue weighted by atomic mass is 10.2. The average Bonchev–Trinajstić information content (AvgIpc) is 2.29. The van der Waals surface area contributed by atoms with Crippen LogP contribution in [0.25, 0.3) is 0 Å². The summed E-state index contributed by atoms with van der Waals surface area (Å²) in [5, 5.41) is -1.52. The molecule has 1 aliphatic rings. The third-order valence-corrected chi connectivity index (χ3v) is 2.99. The van der Waals surface area contributed by atoms with E-state index < -0.39 is 5.41 Å². The van der Waals surface area contributed by atoms with Crippen LogP contribution in [-0.4, -0.2) is 36.3 Å². The average molecular weight is 257 g/mol. The summed E-state index contributed by atoms with van der Waals surface area (Å²) in [6, 6.07) is 0. The van der Waals surface area contributed by atoms with E-state index in [2.05, 4.69) is 19.2 Å². The zero-order valence-corrected chi connectivity index (χ0v) is 11.3. The Hall–Kier alpha value is -0.800. The van der Waals surface area contributed by atoms with Gasteiger partial charge in [0, 0.05) is 19.3 Å². The number of hydrogen-bond acceptors (Lipinski definition) is 4. The van der Waals surface area contributed by atoms with Crippen molar-refractivity contribution in [3.05, 3.63) is 17.5 Å². The van der Waals surface area contributed by atoms with Crippen LogP contribution in [0.5, 0.6) is 0 Å². The molecule has 1 aliphatic heterocycles. The molecule has 0 spiro atoms. The van der Waals surface area contributed by atoms with Crippen molar-refractivity contribution in [3.8, 4) is 0 Å². The lowest BCUT2D eigenvalue weighted by Gasteiger charge is -2.28. The van der Waals surface area contributed by atoms with Crippen LogP contribution in [-0.2, 0) is 10.1 Å². The molecule has 94 valence electrons. The zero-order chi connectivity index (χ0) is 12.5. The van der Waals surface area contributed by atoms with Crippen molar-refractivity contribution in [2.45, 2.75) is 19.3 Å². The molecule has 2 unspecified atom stereocenters. The van der Waals surface area contributed by atoms with Gasteiger partial charge in [0.15, 0.2) is 5.41 Å². The summed E-state index contributed by atoms with van der Waals surface area (Å²) in [6.07, 6.45) is 1.68. The minimum atomic E-state index is -1.52. The van der Waals surface area contributed by atoms with E-state index in [-0.39, 0.29) is 0 Å². The van der Waals surface area contributed by atoms with Crippen LogP contribution in [0.3, 0.4) is 0 Å². The quantitative estimate of drug-likeness (QED) is 0.755. The molecule has 17 heavy (non-hydrogen) atoms. The molecule has 0 N–H and O–H groups in total. The highest BCUT2D eigenvalue weighted by molar-refractivity contribution is 7.18. The number of nitrogens with zero attached hydrogens (tertiary/aromatic N) is 3. The first-order valence-corrected chi connectivity index (χ1v) is 6.21. The van der Waals surface area contributed by atoms with Crippen LogP contribution in [0.4, 0.5) is 10.3 Å². The molecule has 2 heterocycles. The van der Waals surface area contributed by atoms with Crippen LogP contribution in [0, 0.1) is 6.92 Å². The van der Waals surface area contributed by atoms with E-state index in [1.54, 1.807) is 6.20 Å². The number of anilines is 1. The zero-order valence-electron chi connectivity index (χ0n) is 10.1. The Kier molecular flexibility index (Phi) is 3.59. The Morgan fingerprint density at radius 2 is 2.12 bits per heavy atom. The van der Waals surface area contributed by atoms with E-state index in [1.807, 2.05) is 11.8 Å². The second kappa shape index (κ2) is 4.83. The van der Waals surface area contributed by atoms with Gasteiger partial charge in [-0.1, -0.05) is 9.24 Å². The maximum absolute atomic E-state index is 14.0. The molecular weight excluding hydrogens is 240 g/mol. The van der Waals surface area contributed by atoms with E-state index >= 15 is 0 Å².